The first-order valence-corrected chi connectivity index (χ1v) is 13.5. The van der Waals surface area contributed by atoms with E-state index < -0.39 is 0 Å². The molecule has 0 saturated heterocycles. The lowest BCUT2D eigenvalue weighted by molar-refractivity contribution is 0.433. The molecule has 2 aromatic carbocycles. The van der Waals surface area contributed by atoms with E-state index in [1.165, 1.54) is 77.0 Å². The second-order valence-corrected chi connectivity index (χ2v) is 10.3. The Hall–Kier alpha value is -2.16. The smallest absolute Gasteiger partial charge is 0.127 e. The molecule has 0 spiro atoms. The number of hydrogen-bond acceptors (Lipinski definition) is 3. The summed E-state index contributed by atoms with van der Waals surface area (Å²) < 4.78 is 6.29. The van der Waals surface area contributed by atoms with Crippen molar-refractivity contribution >= 4 is 0 Å². The van der Waals surface area contributed by atoms with Gasteiger partial charge in [0.15, 0.2) is 0 Å². The lowest BCUT2D eigenvalue weighted by Crippen LogP contribution is -2.01. The van der Waals surface area contributed by atoms with Crippen molar-refractivity contribution in [2.24, 2.45) is 0 Å². The van der Waals surface area contributed by atoms with Gasteiger partial charge in [0.05, 0.1) is 0 Å². The van der Waals surface area contributed by atoms with Crippen molar-refractivity contribution in [2.75, 3.05) is 0 Å². The summed E-state index contributed by atoms with van der Waals surface area (Å²) in [5, 5.41) is 21.2. The SMILES string of the molecule is Oc1ccc(Oc2ccc(O)c(C3CCCCCCCC3)c2)cc1C1CCCCCCCC1. The number of phenols is 2. The fraction of sp³-hybridized carbons (Fsp3) is 0.600. The number of ether oxygens (including phenoxy) is 1. The monoisotopic (exact) mass is 450 g/mol. The number of hydrogen-bond donors (Lipinski definition) is 2. The van der Waals surface area contributed by atoms with Gasteiger partial charge in [-0.1, -0.05) is 77.0 Å². The molecule has 180 valence electrons. The molecule has 3 nitrogen and oxygen atoms in total. The number of rotatable bonds is 4. The molecule has 33 heavy (non-hydrogen) atoms. The Balaban J connectivity index is 1.51. The van der Waals surface area contributed by atoms with Gasteiger partial charge in [-0.05, 0) is 73.9 Å². The molecule has 0 bridgehead atoms. The molecule has 0 amide bonds. The van der Waals surface area contributed by atoms with Crippen LogP contribution in [0, 0.1) is 0 Å². The molecule has 0 aromatic heterocycles. The molecule has 0 heterocycles. The lowest BCUT2D eigenvalue weighted by atomic mass is 9.88. The summed E-state index contributed by atoms with van der Waals surface area (Å²) in [7, 11) is 0. The van der Waals surface area contributed by atoms with Crippen LogP contribution in [0.1, 0.15) is 126 Å². The first kappa shape index (κ1) is 24.0. The highest BCUT2D eigenvalue weighted by Crippen LogP contribution is 2.40. The van der Waals surface area contributed by atoms with E-state index in [9.17, 15) is 10.2 Å². The molecule has 2 aromatic rings. The van der Waals surface area contributed by atoms with Gasteiger partial charge in [0.1, 0.15) is 23.0 Å². The molecule has 0 unspecified atom stereocenters. The van der Waals surface area contributed by atoms with Crippen molar-refractivity contribution in [2.45, 2.75) is 115 Å². The van der Waals surface area contributed by atoms with Gasteiger partial charge in [0, 0.05) is 11.1 Å². The van der Waals surface area contributed by atoms with Crippen LogP contribution in [0.3, 0.4) is 0 Å². The predicted molar refractivity (Wildman–Crippen MR) is 136 cm³/mol. The highest BCUT2D eigenvalue weighted by Gasteiger charge is 2.19. The molecule has 2 saturated carbocycles. The average molecular weight is 451 g/mol. The zero-order chi connectivity index (χ0) is 22.9. The second-order valence-electron chi connectivity index (χ2n) is 10.3. The van der Waals surface area contributed by atoms with Gasteiger partial charge in [0.25, 0.3) is 0 Å². The van der Waals surface area contributed by atoms with Crippen molar-refractivity contribution in [3.63, 3.8) is 0 Å². The summed E-state index contributed by atoms with van der Waals surface area (Å²) in [6, 6.07) is 11.4. The van der Waals surface area contributed by atoms with Crippen LogP contribution in [0.4, 0.5) is 0 Å². The van der Waals surface area contributed by atoms with Gasteiger partial charge in [-0.15, -0.1) is 0 Å². The van der Waals surface area contributed by atoms with E-state index in [4.69, 9.17) is 4.74 Å². The third-order valence-electron chi connectivity index (χ3n) is 7.82. The third kappa shape index (κ3) is 6.91. The Morgan fingerprint density at radius 1 is 0.485 bits per heavy atom. The third-order valence-corrected chi connectivity index (χ3v) is 7.82. The first-order chi connectivity index (χ1) is 16.2. The maximum Gasteiger partial charge on any atom is 0.127 e. The normalized spacial score (nSPS) is 20.0. The van der Waals surface area contributed by atoms with E-state index >= 15 is 0 Å². The van der Waals surface area contributed by atoms with Crippen LogP contribution >= 0.6 is 0 Å². The van der Waals surface area contributed by atoms with Crippen molar-refractivity contribution in [3.8, 4) is 23.0 Å². The Bertz CT molecular complexity index is 783. The minimum atomic E-state index is 0.392. The highest BCUT2D eigenvalue weighted by molar-refractivity contribution is 5.46. The molecule has 0 aliphatic heterocycles. The topological polar surface area (TPSA) is 49.7 Å². The van der Waals surface area contributed by atoms with E-state index in [1.807, 2.05) is 24.3 Å². The summed E-state index contributed by atoms with van der Waals surface area (Å²) in [6.45, 7) is 0. The van der Waals surface area contributed by atoms with Crippen LogP contribution < -0.4 is 4.74 Å². The largest absolute Gasteiger partial charge is 0.508 e. The fourth-order valence-electron chi connectivity index (χ4n) is 5.87. The van der Waals surface area contributed by atoms with Crippen molar-refractivity contribution in [3.05, 3.63) is 47.5 Å². The standard InChI is InChI=1S/C30H42O3/c31-29-19-17-25(21-27(29)23-13-9-5-1-2-6-10-14-23)33-26-18-20-30(32)28(22-26)24-15-11-7-3-4-8-12-16-24/h17-24,31-32H,1-16H2. The minimum absolute atomic E-state index is 0.392. The molecule has 0 atom stereocenters. The highest BCUT2D eigenvalue weighted by atomic mass is 16.5. The number of benzene rings is 2. The van der Waals surface area contributed by atoms with Crippen molar-refractivity contribution in [1.82, 2.24) is 0 Å². The second kappa shape index (κ2) is 12.3. The van der Waals surface area contributed by atoms with Crippen LogP contribution in [0.25, 0.3) is 0 Å². The van der Waals surface area contributed by atoms with Crippen LogP contribution in [-0.4, -0.2) is 10.2 Å². The Morgan fingerprint density at radius 2 is 0.818 bits per heavy atom. The minimum Gasteiger partial charge on any atom is -0.508 e. The van der Waals surface area contributed by atoms with E-state index in [2.05, 4.69) is 0 Å². The summed E-state index contributed by atoms with van der Waals surface area (Å²) >= 11 is 0. The molecule has 2 aliphatic carbocycles. The lowest BCUT2D eigenvalue weighted by Gasteiger charge is -2.20. The Morgan fingerprint density at radius 3 is 1.18 bits per heavy atom. The number of phenolic OH excluding ortho intramolecular Hbond substituents is 2. The molecule has 2 aliphatic rings. The Kier molecular flexibility index (Phi) is 8.97. The summed E-state index contributed by atoms with van der Waals surface area (Å²) in [5.74, 6) is 3.14. The number of aromatic hydroxyl groups is 2. The average Bonchev–Trinajstić information content (AvgIpc) is 3.05. The van der Waals surface area contributed by atoms with E-state index in [1.54, 1.807) is 12.1 Å². The zero-order valence-electron chi connectivity index (χ0n) is 20.2. The summed E-state index contributed by atoms with van der Waals surface area (Å²) in [4.78, 5) is 0. The van der Waals surface area contributed by atoms with Crippen LogP contribution in [0.2, 0.25) is 0 Å². The molecule has 4 rings (SSSR count). The molecular formula is C30H42O3. The van der Waals surface area contributed by atoms with Gasteiger partial charge in [-0.2, -0.15) is 0 Å². The first-order valence-electron chi connectivity index (χ1n) is 13.5. The maximum atomic E-state index is 10.6. The predicted octanol–water partition coefficient (Wildman–Crippen LogP) is 9.33. The molecule has 0 radical (unpaired) electrons. The van der Waals surface area contributed by atoms with Gasteiger partial charge in [-0.25, -0.2) is 0 Å². The van der Waals surface area contributed by atoms with E-state index in [0.717, 1.165) is 48.3 Å². The maximum absolute atomic E-state index is 10.6. The molecule has 2 fully saturated rings. The summed E-state index contributed by atoms with van der Waals surface area (Å²) in [6.07, 6.45) is 20.0. The van der Waals surface area contributed by atoms with E-state index in [0.29, 0.717) is 23.3 Å². The van der Waals surface area contributed by atoms with Crippen LogP contribution in [0.15, 0.2) is 36.4 Å². The van der Waals surface area contributed by atoms with Crippen molar-refractivity contribution < 1.29 is 14.9 Å². The Labute approximate surface area is 200 Å². The zero-order valence-corrected chi connectivity index (χ0v) is 20.2. The van der Waals surface area contributed by atoms with Gasteiger partial charge < -0.3 is 14.9 Å². The van der Waals surface area contributed by atoms with Gasteiger partial charge in [-0.3, -0.25) is 0 Å². The molecule has 3 heteroatoms. The molecular weight excluding hydrogens is 408 g/mol. The van der Waals surface area contributed by atoms with Gasteiger partial charge in [0.2, 0.25) is 0 Å². The quantitative estimate of drug-likeness (QED) is 0.488. The molecule has 2 N–H and O–H groups in total. The van der Waals surface area contributed by atoms with Crippen LogP contribution in [-0.2, 0) is 0 Å². The van der Waals surface area contributed by atoms with Crippen LogP contribution in [0.5, 0.6) is 23.0 Å². The summed E-state index contributed by atoms with van der Waals surface area (Å²) in [5.41, 5.74) is 2.06. The van der Waals surface area contributed by atoms with Gasteiger partial charge >= 0.3 is 0 Å². The fourth-order valence-corrected chi connectivity index (χ4v) is 5.87. The van der Waals surface area contributed by atoms with E-state index in [-0.39, 0.29) is 0 Å². The van der Waals surface area contributed by atoms with Crippen molar-refractivity contribution in [1.29, 1.82) is 0 Å².